The van der Waals surface area contributed by atoms with Crippen LogP contribution in [0.25, 0.3) is 0 Å². The average Bonchev–Trinajstić information content (AvgIpc) is 2.91. The second-order valence-corrected chi connectivity index (χ2v) is 5.89. The largest absolute Gasteiger partial charge is 0.318 e. The molecular formula is C16H17N5O2. The molecule has 0 radical (unpaired) electrons. The second-order valence-electron chi connectivity index (χ2n) is 5.89. The van der Waals surface area contributed by atoms with E-state index in [0.29, 0.717) is 5.69 Å². The molecule has 2 rings (SSSR count). The summed E-state index contributed by atoms with van der Waals surface area (Å²) in [4.78, 5) is 23.8. The molecule has 0 bridgehead atoms. The molecule has 23 heavy (non-hydrogen) atoms. The summed E-state index contributed by atoms with van der Waals surface area (Å²) in [7, 11) is 0. The van der Waals surface area contributed by atoms with Crippen molar-refractivity contribution in [3.8, 4) is 6.07 Å². The Morgan fingerprint density at radius 3 is 2.30 bits per heavy atom. The third-order valence-electron chi connectivity index (χ3n) is 2.99. The first-order valence-electron chi connectivity index (χ1n) is 6.99. The van der Waals surface area contributed by atoms with E-state index in [1.807, 2.05) is 26.8 Å². The molecule has 0 saturated carbocycles. The van der Waals surface area contributed by atoms with Gasteiger partial charge in [-0.15, -0.1) is 0 Å². The van der Waals surface area contributed by atoms with Gasteiger partial charge in [0.05, 0.1) is 5.54 Å². The molecule has 7 heteroatoms. The van der Waals surface area contributed by atoms with Crippen molar-refractivity contribution in [2.45, 2.75) is 26.3 Å². The lowest BCUT2D eigenvalue weighted by Gasteiger charge is -2.18. The second kappa shape index (κ2) is 6.32. The molecule has 0 aliphatic rings. The van der Waals surface area contributed by atoms with Crippen molar-refractivity contribution >= 4 is 23.3 Å². The molecule has 2 amide bonds. The Kier molecular flexibility index (Phi) is 4.46. The molecule has 2 N–H and O–H groups in total. The summed E-state index contributed by atoms with van der Waals surface area (Å²) in [5.74, 6) is -1.65. The average molecular weight is 311 g/mol. The highest BCUT2D eigenvalue weighted by Gasteiger charge is 2.21. The maximum absolute atomic E-state index is 12.0. The van der Waals surface area contributed by atoms with Crippen LogP contribution < -0.4 is 10.6 Å². The minimum atomic E-state index is -0.885. The molecular weight excluding hydrogens is 294 g/mol. The molecule has 1 heterocycles. The number of nitrogens with zero attached hydrogens (tertiary/aromatic N) is 3. The van der Waals surface area contributed by atoms with Crippen LogP contribution in [-0.4, -0.2) is 21.6 Å². The van der Waals surface area contributed by atoms with Gasteiger partial charge < -0.3 is 5.32 Å². The predicted octanol–water partition coefficient (Wildman–Crippen LogP) is 2.09. The summed E-state index contributed by atoms with van der Waals surface area (Å²) in [5.41, 5.74) is 0.357. The molecule has 1 aromatic heterocycles. The van der Waals surface area contributed by atoms with Crippen LogP contribution in [0.2, 0.25) is 0 Å². The molecule has 0 aliphatic carbocycles. The van der Waals surface area contributed by atoms with Crippen molar-refractivity contribution in [2.75, 3.05) is 10.6 Å². The van der Waals surface area contributed by atoms with Gasteiger partial charge in [-0.25, -0.2) is 0 Å². The van der Waals surface area contributed by atoms with Crippen LogP contribution >= 0.6 is 0 Å². The van der Waals surface area contributed by atoms with Crippen LogP contribution in [0.4, 0.5) is 11.5 Å². The molecule has 118 valence electrons. The zero-order valence-electron chi connectivity index (χ0n) is 13.1. The van der Waals surface area contributed by atoms with E-state index in [-0.39, 0.29) is 16.9 Å². The number of hydrogen-bond donors (Lipinski definition) is 2. The third kappa shape index (κ3) is 3.95. The minimum Gasteiger partial charge on any atom is -0.318 e. The summed E-state index contributed by atoms with van der Waals surface area (Å²) in [6.45, 7) is 5.73. The number of nitriles is 1. The topological polar surface area (TPSA) is 99.8 Å². The van der Waals surface area contributed by atoms with E-state index in [1.165, 1.54) is 6.20 Å². The zero-order chi connectivity index (χ0) is 17.0. The van der Waals surface area contributed by atoms with Crippen molar-refractivity contribution in [3.63, 3.8) is 0 Å². The number of aromatic nitrogens is 2. The SMILES string of the molecule is CC(C)(C)n1cc(C#N)c(NC(=O)C(=O)Nc2ccccc2)n1. The number of amides is 2. The number of rotatable bonds is 2. The molecule has 0 unspecified atom stereocenters. The molecule has 0 aliphatic heterocycles. The number of carbonyl (C=O) groups is 2. The highest BCUT2D eigenvalue weighted by molar-refractivity contribution is 6.43. The number of nitrogens with one attached hydrogen (secondary N) is 2. The molecule has 7 nitrogen and oxygen atoms in total. The van der Waals surface area contributed by atoms with Gasteiger partial charge in [0, 0.05) is 11.9 Å². The summed E-state index contributed by atoms with van der Waals surface area (Å²) in [6.07, 6.45) is 1.53. The monoisotopic (exact) mass is 311 g/mol. The number of para-hydroxylation sites is 1. The van der Waals surface area contributed by atoms with Crippen molar-refractivity contribution in [3.05, 3.63) is 42.1 Å². The van der Waals surface area contributed by atoms with Gasteiger partial charge in [-0.1, -0.05) is 18.2 Å². The lowest BCUT2D eigenvalue weighted by Crippen LogP contribution is -2.29. The summed E-state index contributed by atoms with van der Waals surface area (Å²) >= 11 is 0. The maximum Gasteiger partial charge on any atom is 0.315 e. The number of hydrogen-bond acceptors (Lipinski definition) is 4. The lowest BCUT2D eigenvalue weighted by molar-refractivity contribution is -0.133. The summed E-state index contributed by atoms with van der Waals surface area (Å²) in [5, 5.41) is 18.1. The van der Waals surface area contributed by atoms with Gasteiger partial charge in [-0.05, 0) is 32.9 Å². The van der Waals surface area contributed by atoms with Crippen LogP contribution in [0, 0.1) is 11.3 Å². The number of benzene rings is 1. The fourth-order valence-corrected chi connectivity index (χ4v) is 1.77. The molecule has 2 aromatic rings. The fraction of sp³-hybridized carbons (Fsp3) is 0.250. The normalized spacial score (nSPS) is 10.7. The van der Waals surface area contributed by atoms with Crippen LogP contribution in [0.15, 0.2) is 36.5 Å². The van der Waals surface area contributed by atoms with Gasteiger partial charge in [-0.2, -0.15) is 10.4 Å². The van der Waals surface area contributed by atoms with Gasteiger partial charge in [0.1, 0.15) is 11.6 Å². The smallest absolute Gasteiger partial charge is 0.315 e. The lowest BCUT2D eigenvalue weighted by atomic mass is 10.1. The quantitative estimate of drug-likeness (QED) is 0.829. The van der Waals surface area contributed by atoms with Crippen molar-refractivity contribution < 1.29 is 9.59 Å². The Balaban J connectivity index is 2.12. The van der Waals surface area contributed by atoms with E-state index in [4.69, 9.17) is 5.26 Å². The first kappa shape index (κ1) is 16.2. The number of carbonyl (C=O) groups excluding carboxylic acids is 2. The molecule has 1 aromatic carbocycles. The van der Waals surface area contributed by atoms with Gasteiger partial charge >= 0.3 is 11.8 Å². The van der Waals surface area contributed by atoms with Crippen LogP contribution in [-0.2, 0) is 15.1 Å². The molecule has 0 saturated heterocycles. The summed E-state index contributed by atoms with van der Waals surface area (Å²) in [6, 6.07) is 10.6. The van der Waals surface area contributed by atoms with Crippen molar-refractivity contribution in [1.82, 2.24) is 9.78 Å². The van der Waals surface area contributed by atoms with E-state index in [0.717, 1.165) is 0 Å². The fourth-order valence-electron chi connectivity index (χ4n) is 1.77. The van der Waals surface area contributed by atoms with E-state index in [1.54, 1.807) is 35.0 Å². The Morgan fingerprint density at radius 2 is 1.74 bits per heavy atom. The molecule has 0 fully saturated rings. The minimum absolute atomic E-state index is 0.0654. The Hall–Kier alpha value is -3.14. The standard InChI is InChI=1S/C16H17N5O2/c1-16(2,3)21-10-11(9-17)13(20-21)19-15(23)14(22)18-12-7-5-4-6-8-12/h4-8,10H,1-3H3,(H,18,22)(H,19,20,23). The Labute approximate surface area is 133 Å². The third-order valence-corrected chi connectivity index (χ3v) is 2.99. The zero-order valence-corrected chi connectivity index (χ0v) is 13.1. The molecule has 0 spiro atoms. The first-order valence-corrected chi connectivity index (χ1v) is 6.99. The van der Waals surface area contributed by atoms with Crippen LogP contribution in [0.3, 0.4) is 0 Å². The van der Waals surface area contributed by atoms with E-state index < -0.39 is 11.8 Å². The van der Waals surface area contributed by atoms with Crippen molar-refractivity contribution in [2.24, 2.45) is 0 Å². The van der Waals surface area contributed by atoms with Gasteiger partial charge in [-0.3, -0.25) is 19.6 Å². The van der Waals surface area contributed by atoms with Crippen LogP contribution in [0.1, 0.15) is 26.3 Å². The Bertz CT molecular complexity index is 766. The van der Waals surface area contributed by atoms with Gasteiger partial charge in [0.25, 0.3) is 0 Å². The van der Waals surface area contributed by atoms with Gasteiger partial charge in [0.15, 0.2) is 5.82 Å². The summed E-state index contributed by atoms with van der Waals surface area (Å²) < 4.78 is 1.57. The maximum atomic E-state index is 12.0. The van der Waals surface area contributed by atoms with E-state index in [9.17, 15) is 9.59 Å². The number of anilines is 2. The predicted molar refractivity (Wildman–Crippen MR) is 85.6 cm³/mol. The molecule has 0 atom stereocenters. The highest BCUT2D eigenvalue weighted by Crippen LogP contribution is 2.19. The Morgan fingerprint density at radius 1 is 1.13 bits per heavy atom. The van der Waals surface area contributed by atoms with E-state index in [2.05, 4.69) is 15.7 Å². The van der Waals surface area contributed by atoms with Gasteiger partial charge in [0.2, 0.25) is 0 Å². The van der Waals surface area contributed by atoms with Crippen molar-refractivity contribution in [1.29, 1.82) is 5.26 Å². The first-order chi connectivity index (χ1) is 10.8. The highest BCUT2D eigenvalue weighted by atomic mass is 16.2. The van der Waals surface area contributed by atoms with E-state index >= 15 is 0 Å². The van der Waals surface area contributed by atoms with Crippen LogP contribution in [0.5, 0.6) is 0 Å².